The van der Waals surface area contributed by atoms with Crippen LogP contribution in [0.2, 0.25) is 5.02 Å². The van der Waals surface area contributed by atoms with E-state index in [0.717, 1.165) is 31.6 Å². The summed E-state index contributed by atoms with van der Waals surface area (Å²) in [5.74, 6) is -0.402. The van der Waals surface area contributed by atoms with Crippen LogP contribution < -0.4 is 10.2 Å². The standard InChI is InChI=1S/C17H23ClFN3O/c18-15-12-14(6-7-16(15)19)21-8-10-22(11-9-21)17(23)20-13-4-2-1-3-5-13/h6-7,12-13H,1-5,8-11H2,(H,20,23). The van der Waals surface area contributed by atoms with Gasteiger partial charge in [0.15, 0.2) is 0 Å². The van der Waals surface area contributed by atoms with Gasteiger partial charge in [-0.1, -0.05) is 30.9 Å². The molecule has 1 aliphatic heterocycles. The molecule has 126 valence electrons. The number of carbonyl (C=O) groups excluding carboxylic acids is 1. The van der Waals surface area contributed by atoms with Gasteiger partial charge in [-0.15, -0.1) is 0 Å². The number of nitrogens with zero attached hydrogens (tertiary/aromatic N) is 2. The smallest absolute Gasteiger partial charge is 0.317 e. The monoisotopic (exact) mass is 339 g/mol. The zero-order valence-corrected chi connectivity index (χ0v) is 14.0. The maximum Gasteiger partial charge on any atom is 0.317 e. The average molecular weight is 340 g/mol. The van der Waals surface area contributed by atoms with E-state index in [0.29, 0.717) is 19.1 Å². The Morgan fingerprint density at radius 1 is 1.13 bits per heavy atom. The maximum absolute atomic E-state index is 13.2. The summed E-state index contributed by atoms with van der Waals surface area (Å²) in [4.78, 5) is 16.3. The molecule has 1 aliphatic carbocycles. The molecule has 1 saturated heterocycles. The predicted octanol–water partition coefficient (Wildman–Crippen LogP) is 3.64. The first-order valence-electron chi connectivity index (χ1n) is 8.39. The normalized spacial score (nSPS) is 19.7. The second kappa shape index (κ2) is 7.39. The van der Waals surface area contributed by atoms with Crippen LogP contribution in [-0.2, 0) is 0 Å². The lowest BCUT2D eigenvalue weighted by Crippen LogP contribution is -2.53. The van der Waals surface area contributed by atoms with E-state index in [1.54, 1.807) is 12.1 Å². The number of amides is 2. The van der Waals surface area contributed by atoms with Crippen LogP contribution in [0.5, 0.6) is 0 Å². The molecule has 2 amide bonds. The first-order chi connectivity index (χ1) is 11.1. The van der Waals surface area contributed by atoms with Crippen molar-refractivity contribution in [2.24, 2.45) is 0 Å². The van der Waals surface area contributed by atoms with Crippen LogP contribution in [0, 0.1) is 5.82 Å². The summed E-state index contributed by atoms with van der Waals surface area (Å²) >= 11 is 5.84. The third-order valence-corrected chi connectivity index (χ3v) is 5.06. The van der Waals surface area contributed by atoms with E-state index in [1.807, 2.05) is 4.90 Å². The molecule has 2 fully saturated rings. The summed E-state index contributed by atoms with van der Waals surface area (Å²) in [5.41, 5.74) is 0.906. The van der Waals surface area contributed by atoms with Gasteiger partial charge in [-0.25, -0.2) is 9.18 Å². The predicted molar refractivity (Wildman–Crippen MR) is 90.6 cm³/mol. The highest BCUT2D eigenvalue weighted by molar-refractivity contribution is 6.31. The summed E-state index contributed by atoms with van der Waals surface area (Å²) < 4.78 is 13.2. The SMILES string of the molecule is O=C(NC1CCCCC1)N1CCN(c2ccc(F)c(Cl)c2)CC1. The fraction of sp³-hybridized carbons (Fsp3) is 0.588. The first-order valence-corrected chi connectivity index (χ1v) is 8.77. The highest BCUT2D eigenvalue weighted by atomic mass is 35.5. The number of hydrogen-bond donors (Lipinski definition) is 1. The molecule has 0 bridgehead atoms. The largest absolute Gasteiger partial charge is 0.368 e. The van der Waals surface area contributed by atoms with Crippen molar-refractivity contribution in [3.05, 3.63) is 29.0 Å². The van der Waals surface area contributed by atoms with Gasteiger partial charge in [0.05, 0.1) is 5.02 Å². The zero-order chi connectivity index (χ0) is 16.2. The molecule has 1 saturated carbocycles. The van der Waals surface area contributed by atoms with E-state index in [-0.39, 0.29) is 11.1 Å². The van der Waals surface area contributed by atoms with Crippen LogP contribution in [-0.4, -0.2) is 43.2 Å². The third-order valence-electron chi connectivity index (χ3n) is 4.77. The quantitative estimate of drug-likeness (QED) is 0.892. The number of nitrogens with one attached hydrogen (secondary N) is 1. The number of hydrogen-bond acceptors (Lipinski definition) is 2. The zero-order valence-electron chi connectivity index (χ0n) is 13.2. The summed E-state index contributed by atoms with van der Waals surface area (Å²) in [7, 11) is 0. The van der Waals surface area contributed by atoms with Crippen LogP contribution in [0.3, 0.4) is 0 Å². The number of halogens is 2. The summed E-state index contributed by atoms with van der Waals surface area (Å²) in [5, 5.41) is 3.30. The van der Waals surface area contributed by atoms with Crippen molar-refractivity contribution in [2.45, 2.75) is 38.1 Å². The molecule has 1 heterocycles. The molecule has 0 radical (unpaired) electrons. The van der Waals surface area contributed by atoms with E-state index in [4.69, 9.17) is 11.6 Å². The van der Waals surface area contributed by atoms with E-state index in [9.17, 15) is 9.18 Å². The van der Waals surface area contributed by atoms with Gasteiger partial charge in [-0.3, -0.25) is 0 Å². The number of carbonyl (C=O) groups is 1. The van der Waals surface area contributed by atoms with Gasteiger partial charge in [-0.2, -0.15) is 0 Å². The lowest BCUT2D eigenvalue weighted by Gasteiger charge is -2.37. The number of benzene rings is 1. The van der Waals surface area contributed by atoms with E-state index >= 15 is 0 Å². The number of anilines is 1. The Balaban J connectivity index is 1.51. The fourth-order valence-electron chi connectivity index (χ4n) is 3.36. The van der Waals surface area contributed by atoms with Crippen molar-refractivity contribution in [3.8, 4) is 0 Å². The molecule has 1 aromatic rings. The van der Waals surface area contributed by atoms with Gasteiger partial charge in [0.2, 0.25) is 0 Å². The van der Waals surface area contributed by atoms with Crippen LogP contribution in [0.1, 0.15) is 32.1 Å². The van der Waals surface area contributed by atoms with Crippen molar-refractivity contribution in [2.75, 3.05) is 31.1 Å². The topological polar surface area (TPSA) is 35.6 Å². The Bertz CT molecular complexity index is 555. The lowest BCUT2D eigenvalue weighted by molar-refractivity contribution is 0.186. The minimum absolute atomic E-state index is 0.0497. The molecule has 4 nitrogen and oxygen atoms in total. The minimum Gasteiger partial charge on any atom is -0.368 e. The Morgan fingerprint density at radius 3 is 2.48 bits per heavy atom. The lowest BCUT2D eigenvalue weighted by atomic mass is 9.96. The van der Waals surface area contributed by atoms with E-state index in [1.165, 1.54) is 25.3 Å². The number of rotatable bonds is 2. The van der Waals surface area contributed by atoms with E-state index < -0.39 is 5.82 Å². The van der Waals surface area contributed by atoms with Crippen molar-refractivity contribution >= 4 is 23.3 Å². The fourth-order valence-corrected chi connectivity index (χ4v) is 3.54. The van der Waals surface area contributed by atoms with Gasteiger partial charge in [0, 0.05) is 37.9 Å². The second-order valence-electron chi connectivity index (χ2n) is 6.36. The Morgan fingerprint density at radius 2 is 1.83 bits per heavy atom. The van der Waals surface area contributed by atoms with Crippen LogP contribution in [0.15, 0.2) is 18.2 Å². The van der Waals surface area contributed by atoms with Gasteiger partial charge in [-0.05, 0) is 31.0 Å². The number of urea groups is 1. The Hall–Kier alpha value is -1.49. The molecule has 0 unspecified atom stereocenters. The molecule has 0 spiro atoms. The maximum atomic E-state index is 13.2. The molecular weight excluding hydrogens is 317 g/mol. The van der Waals surface area contributed by atoms with Gasteiger partial charge < -0.3 is 15.1 Å². The third kappa shape index (κ3) is 4.08. The van der Waals surface area contributed by atoms with Gasteiger partial charge >= 0.3 is 6.03 Å². The minimum atomic E-state index is -0.402. The van der Waals surface area contributed by atoms with Gasteiger partial charge in [0.25, 0.3) is 0 Å². The molecule has 0 aromatic heterocycles. The molecule has 23 heavy (non-hydrogen) atoms. The molecule has 0 atom stereocenters. The van der Waals surface area contributed by atoms with Gasteiger partial charge in [0.1, 0.15) is 5.82 Å². The average Bonchev–Trinajstić information content (AvgIpc) is 2.58. The summed E-state index contributed by atoms with van der Waals surface area (Å²) in [6.45, 7) is 2.82. The van der Waals surface area contributed by atoms with Crippen molar-refractivity contribution in [1.82, 2.24) is 10.2 Å². The molecule has 1 aromatic carbocycles. The Kier molecular flexibility index (Phi) is 5.26. The molecule has 2 aliphatic rings. The highest BCUT2D eigenvalue weighted by Crippen LogP contribution is 2.24. The van der Waals surface area contributed by atoms with Crippen molar-refractivity contribution in [3.63, 3.8) is 0 Å². The van der Waals surface area contributed by atoms with Crippen molar-refractivity contribution in [1.29, 1.82) is 0 Å². The number of piperazine rings is 1. The van der Waals surface area contributed by atoms with Crippen molar-refractivity contribution < 1.29 is 9.18 Å². The van der Waals surface area contributed by atoms with E-state index in [2.05, 4.69) is 10.2 Å². The first kappa shape index (κ1) is 16.4. The molecule has 3 rings (SSSR count). The summed E-state index contributed by atoms with van der Waals surface area (Å²) in [6.07, 6.45) is 5.90. The van der Waals surface area contributed by atoms with Crippen LogP contribution in [0.4, 0.5) is 14.9 Å². The van der Waals surface area contributed by atoms with Crippen LogP contribution in [0.25, 0.3) is 0 Å². The van der Waals surface area contributed by atoms with Crippen LogP contribution >= 0.6 is 11.6 Å². The second-order valence-corrected chi connectivity index (χ2v) is 6.76. The molecular formula is C17H23ClFN3O. The summed E-state index contributed by atoms with van der Waals surface area (Å²) in [6, 6.07) is 5.16. The Labute approximate surface area is 141 Å². The highest BCUT2D eigenvalue weighted by Gasteiger charge is 2.24. The molecule has 6 heteroatoms. The molecule has 1 N–H and O–H groups in total.